The zero-order valence-corrected chi connectivity index (χ0v) is 12.9. The van der Waals surface area contributed by atoms with Crippen LogP contribution in [0.2, 0.25) is 0 Å². The summed E-state index contributed by atoms with van der Waals surface area (Å²) >= 11 is 0. The normalized spacial score (nSPS) is 17.2. The van der Waals surface area contributed by atoms with Gasteiger partial charge in [0.1, 0.15) is 5.75 Å². The van der Waals surface area contributed by atoms with E-state index in [0.717, 1.165) is 41.5 Å². The first-order valence-corrected chi connectivity index (χ1v) is 7.99. The Kier molecular flexibility index (Phi) is 3.75. The number of hydrogen-bond acceptors (Lipinski definition) is 2. The number of nitrogens with one attached hydrogen (secondary N) is 1. The lowest BCUT2D eigenvalue weighted by Crippen LogP contribution is -2.27. The van der Waals surface area contributed by atoms with Crippen molar-refractivity contribution in [2.24, 2.45) is 5.41 Å². The molecule has 1 saturated carbocycles. The van der Waals surface area contributed by atoms with Crippen molar-refractivity contribution in [1.82, 2.24) is 4.98 Å². The molecule has 3 rings (SSSR count). The van der Waals surface area contributed by atoms with Gasteiger partial charge in [-0.2, -0.15) is 0 Å². The van der Waals surface area contributed by atoms with E-state index in [4.69, 9.17) is 4.74 Å². The Balaban J connectivity index is 2.03. The summed E-state index contributed by atoms with van der Waals surface area (Å²) < 4.78 is 5.57. The molecule has 1 aliphatic rings. The molecule has 0 bridgehead atoms. The van der Waals surface area contributed by atoms with Crippen LogP contribution < -0.4 is 4.74 Å². The Hall–Kier alpha value is -1.77. The number of ketones is 1. The molecule has 1 N–H and O–H groups in total. The fraction of sp³-hybridized carbons (Fsp3) is 0.500. The van der Waals surface area contributed by atoms with Crippen molar-refractivity contribution < 1.29 is 9.53 Å². The van der Waals surface area contributed by atoms with E-state index in [1.807, 2.05) is 31.3 Å². The summed E-state index contributed by atoms with van der Waals surface area (Å²) in [7, 11) is 0. The van der Waals surface area contributed by atoms with Crippen LogP contribution in [-0.4, -0.2) is 17.4 Å². The molecular weight excluding hydrogens is 262 g/mol. The molecule has 0 aliphatic heterocycles. The highest BCUT2D eigenvalue weighted by atomic mass is 16.5. The highest BCUT2D eigenvalue weighted by Crippen LogP contribution is 2.44. The molecule has 112 valence electrons. The molecule has 21 heavy (non-hydrogen) atoms. The SMILES string of the molecule is CCOc1ccc2[nH]cc(C(=O)C3(CC)CCCC3)c2c1. The summed E-state index contributed by atoms with van der Waals surface area (Å²) in [6, 6.07) is 5.92. The summed E-state index contributed by atoms with van der Waals surface area (Å²) in [5.74, 6) is 1.14. The minimum absolute atomic E-state index is 0.142. The fourth-order valence-corrected chi connectivity index (χ4v) is 3.62. The third-order valence-corrected chi connectivity index (χ3v) is 4.93. The molecule has 3 nitrogen and oxygen atoms in total. The molecule has 1 heterocycles. The van der Waals surface area contributed by atoms with Gasteiger partial charge in [0.2, 0.25) is 0 Å². The number of aromatic amines is 1. The zero-order valence-electron chi connectivity index (χ0n) is 12.9. The van der Waals surface area contributed by atoms with Crippen LogP contribution in [0.5, 0.6) is 5.75 Å². The number of carbonyl (C=O) groups excluding carboxylic acids is 1. The van der Waals surface area contributed by atoms with E-state index >= 15 is 0 Å². The van der Waals surface area contributed by atoms with Crippen molar-refractivity contribution in [2.45, 2.75) is 46.0 Å². The quantitative estimate of drug-likeness (QED) is 0.808. The second kappa shape index (κ2) is 5.55. The zero-order chi connectivity index (χ0) is 14.9. The highest BCUT2D eigenvalue weighted by Gasteiger charge is 2.40. The van der Waals surface area contributed by atoms with Crippen molar-refractivity contribution in [1.29, 1.82) is 0 Å². The van der Waals surface area contributed by atoms with Gasteiger partial charge in [-0.1, -0.05) is 19.8 Å². The van der Waals surface area contributed by atoms with Crippen molar-refractivity contribution in [2.75, 3.05) is 6.61 Å². The topological polar surface area (TPSA) is 42.1 Å². The molecular formula is C18H23NO2. The van der Waals surface area contributed by atoms with E-state index in [9.17, 15) is 4.79 Å². The van der Waals surface area contributed by atoms with E-state index in [1.54, 1.807) is 0 Å². The van der Waals surface area contributed by atoms with Gasteiger partial charge < -0.3 is 9.72 Å². The lowest BCUT2D eigenvalue weighted by Gasteiger charge is -2.25. The maximum Gasteiger partial charge on any atom is 0.171 e. The molecule has 0 amide bonds. The van der Waals surface area contributed by atoms with Crippen molar-refractivity contribution in [3.63, 3.8) is 0 Å². The summed E-state index contributed by atoms with van der Waals surface area (Å²) in [5.41, 5.74) is 1.69. The van der Waals surface area contributed by atoms with Crippen LogP contribution in [-0.2, 0) is 0 Å². The highest BCUT2D eigenvalue weighted by molar-refractivity contribution is 6.10. The van der Waals surface area contributed by atoms with Gasteiger partial charge in [0.25, 0.3) is 0 Å². The molecule has 2 aromatic rings. The average molecular weight is 285 g/mol. The predicted molar refractivity (Wildman–Crippen MR) is 85.0 cm³/mol. The van der Waals surface area contributed by atoms with E-state index in [1.165, 1.54) is 12.8 Å². The Morgan fingerprint density at radius 1 is 1.29 bits per heavy atom. The standard InChI is InChI=1S/C18H23NO2/c1-3-18(9-5-6-10-18)17(20)15-12-19-16-8-7-13(21-4-2)11-14(15)16/h7-8,11-12,19H,3-6,9-10H2,1-2H3. The number of fused-ring (bicyclic) bond motifs is 1. The van der Waals surface area contributed by atoms with Gasteiger partial charge >= 0.3 is 0 Å². The first kappa shape index (κ1) is 14.2. The van der Waals surface area contributed by atoms with Crippen LogP contribution in [0.15, 0.2) is 24.4 Å². The first-order valence-electron chi connectivity index (χ1n) is 7.99. The smallest absolute Gasteiger partial charge is 0.171 e. The third-order valence-electron chi connectivity index (χ3n) is 4.93. The predicted octanol–water partition coefficient (Wildman–Crippen LogP) is 4.72. The second-order valence-electron chi connectivity index (χ2n) is 6.01. The number of rotatable bonds is 5. The van der Waals surface area contributed by atoms with Gasteiger partial charge in [-0.3, -0.25) is 4.79 Å². The molecule has 1 aliphatic carbocycles. The fourth-order valence-electron chi connectivity index (χ4n) is 3.62. The average Bonchev–Trinajstić information content (AvgIpc) is 3.14. The number of carbonyl (C=O) groups is 1. The largest absolute Gasteiger partial charge is 0.494 e. The lowest BCUT2D eigenvalue weighted by atomic mass is 9.76. The first-order chi connectivity index (χ1) is 10.2. The van der Waals surface area contributed by atoms with Crippen LogP contribution in [0.1, 0.15) is 56.3 Å². The molecule has 1 fully saturated rings. The maximum atomic E-state index is 13.1. The van der Waals surface area contributed by atoms with E-state index in [2.05, 4.69) is 11.9 Å². The Labute approximate surface area is 125 Å². The number of H-pyrrole nitrogens is 1. The van der Waals surface area contributed by atoms with Gasteiger partial charge in [0.05, 0.1) is 6.61 Å². The van der Waals surface area contributed by atoms with Crippen LogP contribution in [0, 0.1) is 5.41 Å². The Morgan fingerprint density at radius 2 is 2.05 bits per heavy atom. The Morgan fingerprint density at radius 3 is 2.71 bits per heavy atom. The molecule has 0 atom stereocenters. The van der Waals surface area contributed by atoms with Crippen LogP contribution >= 0.6 is 0 Å². The summed E-state index contributed by atoms with van der Waals surface area (Å²) in [4.78, 5) is 16.3. The van der Waals surface area contributed by atoms with Crippen LogP contribution in [0.3, 0.4) is 0 Å². The van der Waals surface area contributed by atoms with Gasteiger partial charge in [-0.25, -0.2) is 0 Å². The summed E-state index contributed by atoms with van der Waals surface area (Å²) in [6.07, 6.45) is 7.21. The number of benzene rings is 1. The lowest BCUT2D eigenvalue weighted by molar-refractivity contribution is 0.0793. The van der Waals surface area contributed by atoms with E-state index in [0.29, 0.717) is 12.4 Å². The molecule has 0 saturated heterocycles. The monoisotopic (exact) mass is 285 g/mol. The van der Waals surface area contributed by atoms with Crippen molar-refractivity contribution in [3.8, 4) is 5.75 Å². The second-order valence-corrected chi connectivity index (χ2v) is 6.01. The minimum atomic E-state index is -0.142. The number of Topliss-reactive ketones (excluding diaryl/α,β-unsaturated/α-hetero) is 1. The molecule has 0 radical (unpaired) electrons. The van der Waals surface area contributed by atoms with Gasteiger partial charge in [0.15, 0.2) is 5.78 Å². The number of ether oxygens (including phenoxy) is 1. The molecule has 1 aromatic carbocycles. The summed E-state index contributed by atoms with van der Waals surface area (Å²) in [5, 5.41) is 0.991. The molecule has 1 aromatic heterocycles. The number of hydrogen-bond donors (Lipinski definition) is 1. The molecule has 0 unspecified atom stereocenters. The minimum Gasteiger partial charge on any atom is -0.494 e. The van der Waals surface area contributed by atoms with E-state index < -0.39 is 0 Å². The van der Waals surface area contributed by atoms with Crippen molar-refractivity contribution >= 4 is 16.7 Å². The summed E-state index contributed by atoms with van der Waals surface area (Å²) in [6.45, 7) is 4.75. The van der Waals surface area contributed by atoms with Crippen LogP contribution in [0.4, 0.5) is 0 Å². The van der Waals surface area contributed by atoms with Gasteiger partial charge in [-0.05, 0) is 44.4 Å². The molecule has 0 spiro atoms. The van der Waals surface area contributed by atoms with Crippen molar-refractivity contribution in [3.05, 3.63) is 30.0 Å². The van der Waals surface area contributed by atoms with Gasteiger partial charge in [-0.15, -0.1) is 0 Å². The molecule has 3 heteroatoms. The van der Waals surface area contributed by atoms with Gasteiger partial charge in [0, 0.05) is 28.1 Å². The van der Waals surface area contributed by atoms with Crippen LogP contribution in [0.25, 0.3) is 10.9 Å². The maximum absolute atomic E-state index is 13.1. The third kappa shape index (κ3) is 2.35. The number of aromatic nitrogens is 1. The van der Waals surface area contributed by atoms with E-state index in [-0.39, 0.29) is 5.41 Å². The Bertz CT molecular complexity index is 650.